The number of anilines is 1. The number of carbonyl (C=O) groups excluding carboxylic acids is 1. The predicted molar refractivity (Wildman–Crippen MR) is 77.0 cm³/mol. The summed E-state index contributed by atoms with van der Waals surface area (Å²) in [5.41, 5.74) is 2.13. The van der Waals surface area contributed by atoms with E-state index in [1.807, 2.05) is 18.2 Å². The molecular weight excluding hydrogens is 292 g/mol. The summed E-state index contributed by atoms with van der Waals surface area (Å²) in [4.78, 5) is 11.7. The van der Waals surface area contributed by atoms with E-state index in [1.165, 1.54) is 0 Å². The van der Waals surface area contributed by atoms with Gasteiger partial charge in [0.2, 0.25) is 5.91 Å². The van der Waals surface area contributed by atoms with Gasteiger partial charge in [-0.3, -0.25) is 9.89 Å². The van der Waals surface area contributed by atoms with Gasteiger partial charge in [-0.2, -0.15) is 5.10 Å². The van der Waals surface area contributed by atoms with E-state index in [9.17, 15) is 13.6 Å². The monoisotopic (exact) mass is 307 g/mol. The number of amides is 1. The minimum absolute atomic E-state index is 0.258. The van der Waals surface area contributed by atoms with Crippen LogP contribution in [0.4, 0.5) is 14.6 Å². The van der Waals surface area contributed by atoms with Crippen LogP contribution in [0, 0.1) is 12.8 Å². The number of aromatic nitrogens is 2. The maximum atomic E-state index is 12.9. The molecule has 1 aromatic heterocycles. The zero-order valence-corrected chi connectivity index (χ0v) is 12.1. The average Bonchev–Trinajstić information content (AvgIpc) is 3.00. The molecule has 0 saturated heterocycles. The lowest BCUT2D eigenvalue weighted by Gasteiger charge is -2.07. The van der Waals surface area contributed by atoms with E-state index in [2.05, 4.69) is 15.5 Å². The first kappa shape index (κ1) is 14.5. The van der Waals surface area contributed by atoms with E-state index in [-0.39, 0.29) is 5.82 Å². The van der Waals surface area contributed by atoms with Crippen LogP contribution in [0.3, 0.4) is 0 Å². The molecule has 3 rings (SSSR count). The third kappa shape index (κ3) is 2.43. The Balaban J connectivity index is 1.85. The van der Waals surface area contributed by atoms with E-state index in [4.69, 9.17) is 4.74 Å². The van der Waals surface area contributed by atoms with Gasteiger partial charge in [-0.25, -0.2) is 8.78 Å². The van der Waals surface area contributed by atoms with Crippen molar-refractivity contribution in [3.05, 3.63) is 29.8 Å². The summed E-state index contributed by atoms with van der Waals surface area (Å²) in [5.74, 6) is -3.93. The van der Waals surface area contributed by atoms with Crippen molar-refractivity contribution < 1.29 is 18.3 Å². The average molecular weight is 307 g/mol. The summed E-state index contributed by atoms with van der Waals surface area (Å²) in [7, 11) is 1.56. The molecule has 0 spiro atoms. The number of nitrogens with zero attached hydrogens (tertiary/aromatic N) is 1. The molecule has 7 heteroatoms. The zero-order valence-electron chi connectivity index (χ0n) is 12.1. The van der Waals surface area contributed by atoms with Gasteiger partial charge in [0, 0.05) is 17.5 Å². The number of H-pyrrole nitrogens is 1. The first-order valence-corrected chi connectivity index (χ1v) is 6.81. The molecule has 116 valence electrons. The second kappa shape index (κ2) is 5.08. The number of aromatic amines is 1. The van der Waals surface area contributed by atoms with E-state index in [1.54, 1.807) is 20.1 Å². The molecule has 1 aliphatic carbocycles. The summed E-state index contributed by atoms with van der Waals surface area (Å²) in [6.45, 7) is 1.76. The van der Waals surface area contributed by atoms with E-state index in [0.29, 0.717) is 17.0 Å². The topological polar surface area (TPSA) is 67.0 Å². The molecule has 1 aliphatic rings. The molecule has 0 aliphatic heterocycles. The third-order valence-electron chi connectivity index (χ3n) is 3.77. The molecule has 0 radical (unpaired) electrons. The number of hydrogen-bond donors (Lipinski definition) is 2. The van der Waals surface area contributed by atoms with Gasteiger partial charge in [-0.1, -0.05) is 12.1 Å². The molecule has 0 bridgehead atoms. The third-order valence-corrected chi connectivity index (χ3v) is 3.77. The van der Waals surface area contributed by atoms with Crippen LogP contribution in [0.25, 0.3) is 11.3 Å². The molecule has 1 atom stereocenters. The van der Waals surface area contributed by atoms with Crippen molar-refractivity contribution in [1.29, 1.82) is 0 Å². The van der Waals surface area contributed by atoms with Crippen LogP contribution in [0.1, 0.15) is 12.0 Å². The fourth-order valence-electron chi connectivity index (χ4n) is 2.33. The van der Waals surface area contributed by atoms with Crippen molar-refractivity contribution in [2.24, 2.45) is 5.92 Å². The Hall–Kier alpha value is -2.44. The van der Waals surface area contributed by atoms with Crippen molar-refractivity contribution >= 4 is 11.7 Å². The number of halogens is 2. The minimum Gasteiger partial charge on any atom is -0.496 e. The Morgan fingerprint density at radius 1 is 1.45 bits per heavy atom. The van der Waals surface area contributed by atoms with Crippen molar-refractivity contribution in [2.75, 3.05) is 12.4 Å². The van der Waals surface area contributed by atoms with Gasteiger partial charge >= 0.3 is 0 Å². The predicted octanol–water partition coefficient (Wildman–Crippen LogP) is 2.99. The molecular formula is C15H15F2N3O2. The maximum Gasteiger partial charge on any atom is 0.260 e. The Morgan fingerprint density at radius 3 is 2.77 bits per heavy atom. The smallest absolute Gasteiger partial charge is 0.260 e. The van der Waals surface area contributed by atoms with E-state index >= 15 is 0 Å². The van der Waals surface area contributed by atoms with Crippen LogP contribution in [-0.2, 0) is 4.79 Å². The normalized spacial score (nSPS) is 18.8. The first-order chi connectivity index (χ1) is 10.4. The first-order valence-electron chi connectivity index (χ1n) is 6.81. The van der Waals surface area contributed by atoms with Gasteiger partial charge in [-0.05, 0) is 19.1 Å². The van der Waals surface area contributed by atoms with Crippen molar-refractivity contribution in [1.82, 2.24) is 10.2 Å². The van der Waals surface area contributed by atoms with Crippen molar-refractivity contribution in [3.8, 4) is 17.0 Å². The number of hydrogen-bond acceptors (Lipinski definition) is 3. The number of benzene rings is 1. The summed E-state index contributed by atoms with van der Waals surface area (Å²) in [6.07, 6.45) is -0.401. The summed E-state index contributed by atoms with van der Waals surface area (Å²) >= 11 is 0. The van der Waals surface area contributed by atoms with Crippen molar-refractivity contribution in [3.63, 3.8) is 0 Å². The molecule has 1 amide bonds. The standard InChI is InChI=1S/C15H15F2N3O2/c1-8-12(9-5-3-4-6-11(9)22-2)19-20-13(8)18-14(21)10-7-15(10,16)17/h3-6,10H,7H2,1-2H3,(H2,18,19,20,21). The van der Waals surface area contributed by atoms with Crippen LogP contribution in [0.15, 0.2) is 24.3 Å². The Kier molecular flexibility index (Phi) is 3.35. The van der Waals surface area contributed by atoms with Gasteiger partial charge in [0.1, 0.15) is 11.7 Å². The molecule has 1 unspecified atom stereocenters. The van der Waals surface area contributed by atoms with Gasteiger partial charge < -0.3 is 10.1 Å². The maximum absolute atomic E-state index is 12.9. The largest absolute Gasteiger partial charge is 0.496 e. The quantitative estimate of drug-likeness (QED) is 0.912. The number of nitrogens with one attached hydrogen (secondary N) is 2. The number of rotatable bonds is 4. The molecule has 22 heavy (non-hydrogen) atoms. The SMILES string of the molecule is COc1ccccc1-c1[nH]nc(NC(=O)C2CC2(F)F)c1C. The van der Waals surface area contributed by atoms with E-state index in [0.717, 1.165) is 5.56 Å². The minimum atomic E-state index is -2.89. The Labute approximate surface area is 125 Å². The lowest BCUT2D eigenvalue weighted by atomic mass is 10.1. The Bertz CT molecular complexity index is 727. The fraction of sp³-hybridized carbons (Fsp3) is 0.333. The summed E-state index contributed by atoms with van der Waals surface area (Å²) in [6, 6.07) is 7.34. The number of ether oxygens (including phenoxy) is 1. The van der Waals surface area contributed by atoms with Crippen LogP contribution in [0.5, 0.6) is 5.75 Å². The second-order valence-electron chi connectivity index (χ2n) is 5.28. The molecule has 1 aromatic carbocycles. The summed E-state index contributed by atoms with van der Waals surface area (Å²) in [5, 5.41) is 9.28. The molecule has 1 heterocycles. The van der Waals surface area contributed by atoms with Crippen LogP contribution < -0.4 is 10.1 Å². The number of alkyl halides is 2. The van der Waals surface area contributed by atoms with Gasteiger partial charge in [0.15, 0.2) is 5.82 Å². The highest BCUT2D eigenvalue weighted by molar-refractivity contribution is 5.95. The molecule has 2 aromatic rings. The second-order valence-corrected chi connectivity index (χ2v) is 5.28. The fourth-order valence-corrected chi connectivity index (χ4v) is 2.33. The van der Waals surface area contributed by atoms with Crippen LogP contribution in [-0.4, -0.2) is 29.1 Å². The van der Waals surface area contributed by atoms with Crippen molar-refractivity contribution in [2.45, 2.75) is 19.3 Å². The highest BCUT2D eigenvalue weighted by Crippen LogP contribution is 2.49. The number of methoxy groups -OCH3 is 1. The highest BCUT2D eigenvalue weighted by atomic mass is 19.3. The summed E-state index contributed by atoms with van der Waals surface area (Å²) < 4.78 is 31.1. The zero-order chi connectivity index (χ0) is 15.9. The lowest BCUT2D eigenvalue weighted by Crippen LogP contribution is -2.18. The van der Waals surface area contributed by atoms with E-state index < -0.39 is 24.2 Å². The van der Waals surface area contributed by atoms with Crippen LogP contribution in [0.2, 0.25) is 0 Å². The Morgan fingerprint density at radius 2 is 2.14 bits per heavy atom. The number of carbonyl (C=O) groups is 1. The molecule has 5 nitrogen and oxygen atoms in total. The van der Waals surface area contributed by atoms with Gasteiger partial charge in [0.25, 0.3) is 5.92 Å². The molecule has 1 saturated carbocycles. The molecule has 1 fully saturated rings. The molecule has 2 N–H and O–H groups in total. The highest BCUT2D eigenvalue weighted by Gasteiger charge is 2.61. The number of para-hydroxylation sites is 1. The lowest BCUT2D eigenvalue weighted by molar-refractivity contribution is -0.119. The van der Waals surface area contributed by atoms with Crippen LogP contribution >= 0.6 is 0 Å². The van der Waals surface area contributed by atoms with Gasteiger partial charge in [-0.15, -0.1) is 0 Å². The van der Waals surface area contributed by atoms with Gasteiger partial charge in [0.05, 0.1) is 12.8 Å².